The summed E-state index contributed by atoms with van der Waals surface area (Å²) >= 11 is 0. The molecule has 2 N–H and O–H groups in total. The Morgan fingerprint density at radius 2 is 2.17 bits per heavy atom. The third-order valence-corrected chi connectivity index (χ3v) is 3.79. The van der Waals surface area contributed by atoms with E-state index in [9.17, 15) is 4.79 Å². The summed E-state index contributed by atoms with van der Waals surface area (Å²) in [5.41, 5.74) is 6.68. The Labute approximate surface area is 106 Å². The first-order valence-corrected chi connectivity index (χ1v) is 6.38. The van der Waals surface area contributed by atoms with Crippen molar-refractivity contribution >= 4 is 16.6 Å². The van der Waals surface area contributed by atoms with Crippen LogP contribution >= 0.6 is 0 Å². The van der Waals surface area contributed by atoms with Gasteiger partial charge in [-0.15, -0.1) is 0 Å². The third kappa shape index (κ3) is 1.91. The van der Waals surface area contributed by atoms with Crippen molar-refractivity contribution in [1.82, 2.24) is 4.98 Å². The maximum absolute atomic E-state index is 12.5. The summed E-state index contributed by atoms with van der Waals surface area (Å²) < 4.78 is 0. The van der Waals surface area contributed by atoms with Gasteiger partial charge < -0.3 is 5.73 Å². The van der Waals surface area contributed by atoms with Gasteiger partial charge in [-0.25, -0.2) is 0 Å². The van der Waals surface area contributed by atoms with Crippen molar-refractivity contribution in [3.8, 4) is 0 Å². The summed E-state index contributed by atoms with van der Waals surface area (Å²) in [5.74, 6) is 0.312. The first-order valence-electron chi connectivity index (χ1n) is 6.38. The molecule has 1 saturated carbocycles. The molecule has 2 unspecified atom stereocenters. The van der Waals surface area contributed by atoms with Crippen molar-refractivity contribution in [1.29, 1.82) is 0 Å². The number of carbonyl (C=O) groups is 1. The van der Waals surface area contributed by atoms with Gasteiger partial charge in [0, 0.05) is 35.3 Å². The smallest absolute Gasteiger partial charge is 0.166 e. The molecule has 0 bridgehead atoms. The molecule has 3 rings (SSSR count). The van der Waals surface area contributed by atoms with Crippen LogP contribution in [-0.2, 0) is 0 Å². The molecule has 2 aromatic rings. The molecule has 1 aliphatic rings. The van der Waals surface area contributed by atoms with Gasteiger partial charge in [-0.1, -0.05) is 18.2 Å². The summed E-state index contributed by atoms with van der Waals surface area (Å²) in [7, 11) is 0. The lowest BCUT2D eigenvalue weighted by Gasteiger charge is -2.10. The van der Waals surface area contributed by atoms with Crippen molar-refractivity contribution in [3.63, 3.8) is 0 Å². The number of benzene rings is 1. The number of carbonyl (C=O) groups excluding carboxylic acids is 1. The second-order valence-corrected chi connectivity index (χ2v) is 5.04. The monoisotopic (exact) mass is 240 g/mol. The molecule has 92 valence electrons. The van der Waals surface area contributed by atoms with Gasteiger partial charge in [-0.3, -0.25) is 9.78 Å². The van der Waals surface area contributed by atoms with Gasteiger partial charge in [-0.05, 0) is 30.7 Å². The van der Waals surface area contributed by atoms with E-state index in [1.165, 1.54) is 0 Å². The van der Waals surface area contributed by atoms with Crippen molar-refractivity contribution in [2.75, 3.05) is 0 Å². The number of rotatable bonds is 2. The molecule has 1 aliphatic carbocycles. The highest BCUT2D eigenvalue weighted by molar-refractivity contribution is 6.08. The van der Waals surface area contributed by atoms with Crippen LogP contribution in [0.15, 0.2) is 36.7 Å². The number of pyridine rings is 1. The van der Waals surface area contributed by atoms with E-state index in [0.717, 1.165) is 35.6 Å². The average Bonchev–Trinajstić information content (AvgIpc) is 2.84. The topological polar surface area (TPSA) is 56.0 Å². The van der Waals surface area contributed by atoms with E-state index in [1.54, 1.807) is 12.4 Å². The summed E-state index contributed by atoms with van der Waals surface area (Å²) in [5, 5.41) is 2.02. The van der Waals surface area contributed by atoms with Crippen LogP contribution in [0.1, 0.15) is 29.6 Å². The first-order chi connectivity index (χ1) is 8.75. The zero-order valence-corrected chi connectivity index (χ0v) is 10.2. The maximum atomic E-state index is 12.5. The third-order valence-electron chi connectivity index (χ3n) is 3.79. The highest BCUT2D eigenvalue weighted by Gasteiger charge is 2.29. The Balaban J connectivity index is 2.01. The molecule has 0 spiro atoms. The number of nitrogens with two attached hydrogens (primary N) is 1. The number of aromatic nitrogens is 1. The van der Waals surface area contributed by atoms with Crippen LogP contribution in [0.4, 0.5) is 0 Å². The molecular formula is C15H16N2O. The van der Waals surface area contributed by atoms with Gasteiger partial charge in [0.25, 0.3) is 0 Å². The molecule has 0 saturated heterocycles. The molecule has 3 heteroatoms. The van der Waals surface area contributed by atoms with Crippen LogP contribution in [0.5, 0.6) is 0 Å². The normalized spacial score (nSPS) is 23.4. The minimum atomic E-state index is 0.0887. The van der Waals surface area contributed by atoms with Crippen LogP contribution in [0.25, 0.3) is 10.8 Å². The fraction of sp³-hybridized carbons (Fsp3) is 0.333. The summed E-state index contributed by atoms with van der Waals surface area (Å²) in [6, 6.07) is 7.97. The predicted molar refractivity (Wildman–Crippen MR) is 71.4 cm³/mol. The lowest BCUT2D eigenvalue weighted by molar-refractivity contribution is 0.0923. The first kappa shape index (κ1) is 11.4. The molecule has 1 aromatic heterocycles. The fourth-order valence-corrected chi connectivity index (χ4v) is 2.80. The average molecular weight is 240 g/mol. The molecular weight excluding hydrogens is 224 g/mol. The lowest BCUT2D eigenvalue weighted by Crippen LogP contribution is -2.18. The van der Waals surface area contributed by atoms with Crippen LogP contribution in [0.2, 0.25) is 0 Å². The highest BCUT2D eigenvalue weighted by Crippen LogP contribution is 2.29. The van der Waals surface area contributed by atoms with Crippen molar-refractivity contribution in [2.24, 2.45) is 11.7 Å². The zero-order valence-electron chi connectivity index (χ0n) is 10.2. The highest BCUT2D eigenvalue weighted by atomic mass is 16.1. The Hall–Kier alpha value is -1.74. The van der Waals surface area contributed by atoms with E-state index in [1.807, 2.05) is 24.3 Å². The van der Waals surface area contributed by atoms with Gasteiger partial charge in [0.05, 0.1) is 0 Å². The summed E-state index contributed by atoms with van der Waals surface area (Å²) in [4.78, 5) is 16.6. The Bertz CT molecular complexity index is 589. The Kier molecular flexibility index (Phi) is 2.84. The predicted octanol–water partition coefficient (Wildman–Crippen LogP) is 2.54. The Morgan fingerprint density at radius 3 is 2.94 bits per heavy atom. The van der Waals surface area contributed by atoms with Gasteiger partial charge in [-0.2, -0.15) is 0 Å². The molecule has 0 aliphatic heterocycles. The van der Waals surface area contributed by atoms with Crippen molar-refractivity contribution in [2.45, 2.75) is 25.3 Å². The SMILES string of the molecule is NC1CCC(C(=O)c2cccc3ccncc23)C1. The molecule has 0 radical (unpaired) electrons. The van der Waals surface area contributed by atoms with Gasteiger partial charge >= 0.3 is 0 Å². The van der Waals surface area contributed by atoms with Crippen LogP contribution in [-0.4, -0.2) is 16.8 Å². The number of hydrogen-bond donors (Lipinski definition) is 1. The van der Waals surface area contributed by atoms with E-state index >= 15 is 0 Å². The van der Waals surface area contributed by atoms with Crippen LogP contribution in [0.3, 0.4) is 0 Å². The quantitative estimate of drug-likeness (QED) is 0.821. The number of ketones is 1. The number of Topliss-reactive ketones (excluding diaryl/α,β-unsaturated/α-hetero) is 1. The number of fused-ring (bicyclic) bond motifs is 1. The lowest BCUT2D eigenvalue weighted by atomic mass is 9.93. The second-order valence-electron chi connectivity index (χ2n) is 5.04. The maximum Gasteiger partial charge on any atom is 0.166 e. The standard InChI is InChI=1S/C15H16N2O/c16-12-5-4-11(8-12)15(18)13-3-1-2-10-6-7-17-9-14(10)13/h1-3,6-7,9,11-12H,4-5,8,16H2. The van der Waals surface area contributed by atoms with E-state index in [-0.39, 0.29) is 17.7 Å². The molecule has 2 atom stereocenters. The molecule has 18 heavy (non-hydrogen) atoms. The van der Waals surface area contributed by atoms with Crippen LogP contribution < -0.4 is 5.73 Å². The van der Waals surface area contributed by atoms with Crippen molar-refractivity contribution in [3.05, 3.63) is 42.2 Å². The number of hydrogen-bond acceptors (Lipinski definition) is 3. The van der Waals surface area contributed by atoms with E-state index in [2.05, 4.69) is 4.98 Å². The second kappa shape index (κ2) is 4.50. The summed E-state index contributed by atoms with van der Waals surface area (Å²) in [6.45, 7) is 0. The molecule has 1 aromatic carbocycles. The van der Waals surface area contributed by atoms with Gasteiger partial charge in [0.1, 0.15) is 0 Å². The largest absolute Gasteiger partial charge is 0.328 e. The van der Waals surface area contributed by atoms with Gasteiger partial charge in [0.2, 0.25) is 0 Å². The minimum absolute atomic E-state index is 0.0887. The van der Waals surface area contributed by atoms with E-state index in [4.69, 9.17) is 5.73 Å². The van der Waals surface area contributed by atoms with E-state index in [0.29, 0.717) is 0 Å². The molecule has 1 fully saturated rings. The van der Waals surface area contributed by atoms with Crippen molar-refractivity contribution < 1.29 is 4.79 Å². The molecule has 1 heterocycles. The molecule has 3 nitrogen and oxygen atoms in total. The molecule has 0 amide bonds. The van der Waals surface area contributed by atoms with E-state index < -0.39 is 0 Å². The summed E-state index contributed by atoms with van der Waals surface area (Å²) in [6.07, 6.45) is 6.21. The zero-order chi connectivity index (χ0) is 12.5. The minimum Gasteiger partial charge on any atom is -0.328 e. The number of nitrogens with zero attached hydrogens (tertiary/aromatic N) is 1. The fourth-order valence-electron chi connectivity index (χ4n) is 2.80. The van der Waals surface area contributed by atoms with Crippen LogP contribution in [0, 0.1) is 5.92 Å². The van der Waals surface area contributed by atoms with Gasteiger partial charge in [0.15, 0.2) is 5.78 Å². The Morgan fingerprint density at radius 1 is 1.28 bits per heavy atom.